The van der Waals surface area contributed by atoms with Crippen molar-refractivity contribution in [3.05, 3.63) is 0 Å². The van der Waals surface area contributed by atoms with Gasteiger partial charge in [-0.3, -0.25) is 5.26 Å². The summed E-state index contributed by atoms with van der Waals surface area (Å²) in [5, 5.41) is 8.00. The fraction of sp³-hybridized carbons (Fsp3) is 1.00. The van der Waals surface area contributed by atoms with Gasteiger partial charge in [0.25, 0.3) is 0 Å². The lowest BCUT2D eigenvalue weighted by Crippen LogP contribution is -2.14. The van der Waals surface area contributed by atoms with Crippen molar-refractivity contribution >= 4 is 0 Å². The molecule has 0 saturated carbocycles. The maximum Gasteiger partial charge on any atom is 0.116 e. The zero-order valence-electron chi connectivity index (χ0n) is 5.66. The minimum absolute atomic E-state index is 0.240. The first-order valence-corrected chi connectivity index (χ1v) is 2.85. The van der Waals surface area contributed by atoms with E-state index in [1.165, 1.54) is 0 Å². The van der Waals surface area contributed by atoms with E-state index in [9.17, 15) is 0 Å². The fourth-order valence-corrected chi connectivity index (χ4v) is 0.258. The highest BCUT2D eigenvalue weighted by molar-refractivity contribution is 4.38. The quantitative estimate of drug-likeness (QED) is 0.345. The largest absolute Gasteiger partial charge is 0.251 e. The van der Waals surface area contributed by atoms with Crippen LogP contribution in [0.4, 0.5) is 0 Å². The lowest BCUT2D eigenvalue weighted by Gasteiger charge is -2.05. The summed E-state index contributed by atoms with van der Waals surface area (Å²) in [6.45, 7) is 4.21. The van der Waals surface area contributed by atoms with Crippen LogP contribution in [0, 0.1) is 0 Å². The van der Waals surface area contributed by atoms with Crippen molar-refractivity contribution in [2.75, 3.05) is 13.2 Å². The maximum atomic E-state index is 8.00. The van der Waals surface area contributed by atoms with E-state index >= 15 is 0 Å². The average molecular weight is 136 g/mol. The van der Waals surface area contributed by atoms with Gasteiger partial charge in [-0.05, 0) is 13.8 Å². The predicted molar refractivity (Wildman–Crippen MR) is 30.8 cm³/mol. The van der Waals surface area contributed by atoms with Crippen LogP contribution in [0.2, 0.25) is 0 Å². The molecule has 0 heterocycles. The van der Waals surface area contributed by atoms with E-state index in [-0.39, 0.29) is 12.7 Å². The van der Waals surface area contributed by atoms with E-state index < -0.39 is 0 Å². The standard InChI is InChI=1S/C5H12O4/c1-3-7-8-4-5(2)9-6/h5-6H,3-4H2,1-2H3. The lowest BCUT2D eigenvalue weighted by molar-refractivity contribution is -0.341. The molecule has 0 amide bonds. The molecule has 9 heavy (non-hydrogen) atoms. The molecule has 0 rings (SSSR count). The summed E-state index contributed by atoms with van der Waals surface area (Å²) in [6, 6.07) is 0. The van der Waals surface area contributed by atoms with Gasteiger partial charge in [-0.15, -0.1) is 0 Å². The lowest BCUT2D eigenvalue weighted by atomic mass is 10.5. The molecule has 0 aliphatic rings. The van der Waals surface area contributed by atoms with Gasteiger partial charge in [-0.1, -0.05) is 0 Å². The smallest absolute Gasteiger partial charge is 0.116 e. The molecule has 0 aromatic rings. The Bertz CT molecular complexity index is 56.9. The molecular formula is C5H12O4. The summed E-state index contributed by atoms with van der Waals surface area (Å²) in [5.41, 5.74) is 0. The van der Waals surface area contributed by atoms with Gasteiger partial charge < -0.3 is 0 Å². The van der Waals surface area contributed by atoms with Crippen LogP contribution in [-0.4, -0.2) is 24.6 Å². The molecule has 0 aromatic heterocycles. The molecule has 4 nitrogen and oxygen atoms in total. The van der Waals surface area contributed by atoms with Crippen LogP contribution in [0.3, 0.4) is 0 Å². The number of hydrogen-bond donors (Lipinski definition) is 1. The molecule has 1 N–H and O–H groups in total. The Kier molecular flexibility index (Phi) is 5.86. The van der Waals surface area contributed by atoms with Crippen molar-refractivity contribution in [3.8, 4) is 0 Å². The highest BCUT2D eigenvalue weighted by Crippen LogP contribution is 1.88. The summed E-state index contributed by atoms with van der Waals surface area (Å²) in [4.78, 5) is 13.0. The molecule has 0 saturated heterocycles. The second kappa shape index (κ2) is 5.97. The summed E-state index contributed by atoms with van der Waals surface area (Å²) < 4.78 is 0. The van der Waals surface area contributed by atoms with Gasteiger partial charge in [0, 0.05) is 0 Å². The first-order chi connectivity index (χ1) is 4.31. The van der Waals surface area contributed by atoms with Gasteiger partial charge in [0.1, 0.15) is 12.7 Å². The summed E-state index contributed by atoms with van der Waals surface area (Å²) in [7, 11) is 0. The van der Waals surface area contributed by atoms with Crippen LogP contribution in [0.5, 0.6) is 0 Å². The highest BCUT2D eigenvalue weighted by Gasteiger charge is 1.99. The SMILES string of the molecule is CCOOCC(C)OO. The topological polar surface area (TPSA) is 47.9 Å². The van der Waals surface area contributed by atoms with Crippen LogP contribution in [-0.2, 0) is 14.7 Å². The van der Waals surface area contributed by atoms with Crippen LogP contribution >= 0.6 is 0 Å². The third-order valence-electron chi connectivity index (χ3n) is 0.684. The molecule has 1 unspecified atom stereocenters. The van der Waals surface area contributed by atoms with Gasteiger partial charge in [0.05, 0.1) is 6.61 Å². The third-order valence-corrected chi connectivity index (χ3v) is 0.684. The van der Waals surface area contributed by atoms with E-state index in [0.29, 0.717) is 6.61 Å². The Labute approximate surface area is 54.2 Å². The van der Waals surface area contributed by atoms with Crippen LogP contribution in [0.25, 0.3) is 0 Å². The minimum Gasteiger partial charge on any atom is -0.251 e. The van der Waals surface area contributed by atoms with E-state index in [0.717, 1.165) is 0 Å². The first-order valence-electron chi connectivity index (χ1n) is 2.85. The van der Waals surface area contributed by atoms with E-state index in [1.54, 1.807) is 6.92 Å². The zero-order chi connectivity index (χ0) is 7.11. The zero-order valence-corrected chi connectivity index (χ0v) is 5.66. The van der Waals surface area contributed by atoms with Crippen LogP contribution < -0.4 is 0 Å². The van der Waals surface area contributed by atoms with Gasteiger partial charge in [-0.25, -0.2) is 14.7 Å². The Balaban J connectivity index is 2.88. The molecule has 0 aliphatic carbocycles. The third kappa shape index (κ3) is 5.72. The number of hydrogen-bond acceptors (Lipinski definition) is 4. The van der Waals surface area contributed by atoms with E-state index in [1.807, 2.05) is 6.92 Å². The average Bonchev–Trinajstić information content (AvgIpc) is 1.89. The molecule has 1 atom stereocenters. The van der Waals surface area contributed by atoms with Gasteiger partial charge in [0.2, 0.25) is 0 Å². The second-order valence-corrected chi connectivity index (χ2v) is 1.61. The molecule has 4 heteroatoms. The van der Waals surface area contributed by atoms with Gasteiger partial charge in [0.15, 0.2) is 0 Å². The Morgan fingerprint density at radius 1 is 1.44 bits per heavy atom. The summed E-state index contributed by atoms with van der Waals surface area (Å²) >= 11 is 0. The van der Waals surface area contributed by atoms with Gasteiger partial charge in [-0.2, -0.15) is 0 Å². The Morgan fingerprint density at radius 2 is 2.11 bits per heavy atom. The minimum atomic E-state index is -0.337. The van der Waals surface area contributed by atoms with E-state index in [2.05, 4.69) is 14.7 Å². The van der Waals surface area contributed by atoms with Crippen molar-refractivity contribution in [1.82, 2.24) is 0 Å². The Morgan fingerprint density at radius 3 is 2.56 bits per heavy atom. The fourth-order valence-electron chi connectivity index (χ4n) is 0.258. The molecule has 0 radical (unpaired) electrons. The van der Waals surface area contributed by atoms with Gasteiger partial charge >= 0.3 is 0 Å². The molecule has 0 aliphatic heterocycles. The van der Waals surface area contributed by atoms with E-state index in [4.69, 9.17) is 5.26 Å². The first kappa shape index (κ1) is 8.84. The Hall–Kier alpha value is -0.160. The highest BCUT2D eigenvalue weighted by atomic mass is 17.2. The molecule has 0 fully saturated rings. The van der Waals surface area contributed by atoms with Crippen molar-refractivity contribution in [1.29, 1.82) is 0 Å². The van der Waals surface area contributed by atoms with Crippen molar-refractivity contribution < 1.29 is 19.9 Å². The van der Waals surface area contributed by atoms with Crippen molar-refractivity contribution in [2.24, 2.45) is 0 Å². The molecule has 0 bridgehead atoms. The maximum absolute atomic E-state index is 8.00. The molecule has 0 aromatic carbocycles. The van der Waals surface area contributed by atoms with Crippen LogP contribution in [0.15, 0.2) is 0 Å². The molecular weight excluding hydrogens is 124 g/mol. The second-order valence-electron chi connectivity index (χ2n) is 1.61. The molecule has 56 valence electrons. The van der Waals surface area contributed by atoms with Crippen LogP contribution in [0.1, 0.15) is 13.8 Å². The number of rotatable bonds is 5. The normalized spacial score (nSPS) is 13.7. The van der Waals surface area contributed by atoms with Crippen molar-refractivity contribution in [3.63, 3.8) is 0 Å². The summed E-state index contributed by atoms with van der Waals surface area (Å²) in [6.07, 6.45) is -0.337. The van der Waals surface area contributed by atoms with Crippen molar-refractivity contribution in [2.45, 2.75) is 20.0 Å². The predicted octanol–water partition coefficient (Wildman–Crippen LogP) is 0.833. The monoisotopic (exact) mass is 136 g/mol. The summed E-state index contributed by atoms with van der Waals surface area (Å²) in [5.74, 6) is 0. The molecule has 0 spiro atoms.